The van der Waals surface area contributed by atoms with Crippen LogP contribution in [0, 0.1) is 5.82 Å². The van der Waals surface area contributed by atoms with Crippen LogP contribution in [-0.4, -0.2) is 10.9 Å². The van der Waals surface area contributed by atoms with Gasteiger partial charge in [-0.25, -0.2) is 4.39 Å². The number of rotatable bonds is 3. The summed E-state index contributed by atoms with van der Waals surface area (Å²) in [7, 11) is 0. The largest absolute Gasteiger partial charge is 0.361 e. The summed E-state index contributed by atoms with van der Waals surface area (Å²) in [6.07, 6.45) is 1.77. The zero-order chi connectivity index (χ0) is 15.7. The Hall–Kier alpha value is -2.62. The molecule has 2 N–H and O–H groups in total. The van der Waals surface area contributed by atoms with E-state index in [1.165, 1.54) is 12.1 Å². The average Bonchev–Trinajstić information content (AvgIpc) is 2.91. The average molecular weight is 296 g/mol. The van der Waals surface area contributed by atoms with Gasteiger partial charge in [-0.3, -0.25) is 4.79 Å². The van der Waals surface area contributed by atoms with Crippen LogP contribution in [0.25, 0.3) is 10.9 Å². The maximum absolute atomic E-state index is 13.5. The number of halogens is 1. The Labute approximate surface area is 128 Å². The molecular weight excluding hydrogens is 279 g/mol. The van der Waals surface area contributed by atoms with Gasteiger partial charge in [-0.1, -0.05) is 18.2 Å². The summed E-state index contributed by atoms with van der Waals surface area (Å²) >= 11 is 0. The number of aromatic nitrogens is 1. The first-order valence-electron chi connectivity index (χ1n) is 7.12. The van der Waals surface area contributed by atoms with Crippen molar-refractivity contribution in [3.8, 4) is 0 Å². The van der Waals surface area contributed by atoms with Crippen molar-refractivity contribution in [3.05, 3.63) is 66.1 Å². The van der Waals surface area contributed by atoms with Crippen molar-refractivity contribution in [1.29, 1.82) is 0 Å². The molecule has 0 fully saturated rings. The van der Waals surface area contributed by atoms with Gasteiger partial charge in [0.1, 0.15) is 5.82 Å². The van der Waals surface area contributed by atoms with Gasteiger partial charge in [0.15, 0.2) is 0 Å². The highest BCUT2D eigenvalue weighted by Crippen LogP contribution is 2.32. The van der Waals surface area contributed by atoms with E-state index in [4.69, 9.17) is 0 Å². The van der Waals surface area contributed by atoms with Crippen molar-refractivity contribution < 1.29 is 9.18 Å². The van der Waals surface area contributed by atoms with E-state index in [2.05, 4.69) is 10.3 Å². The number of hydrogen-bond donors (Lipinski definition) is 2. The second kappa shape index (κ2) is 5.30. The van der Waals surface area contributed by atoms with Crippen molar-refractivity contribution in [2.75, 3.05) is 5.32 Å². The number of para-hydroxylation sites is 1. The molecule has 22 heavy (non-hydrogen) atoms. The summed E-state index contributed by atoms with van der Waals surface area (Å²) in [4.78, 5) is 15.7. The Morgan fingerprint density at radius 1 is 1.14 bits per heavy atom. The molecule has 1 amide bonds. The molecule has 3 rings (SSSR count). The third-order valence-corrected chi connectivity index (χ3v) is 3.92. The second-order valence-corrected chi connectivity index (χ2v) is 5.84. The molecule has 0 aliphatic heterocycles. The number of H-pyrrole nitrogens is 1. The molecule has 0 spiro atoms. The molecule has 3 aromatic rings. The Balaban J connectivity index is 1.97. The molecule has 1 aromatic heterocycles. The fourth-order valence-corrected chi connectivity index (χ4v) is 2.54. The number of fused-ring (bicyclic) bond motifs is 1. The number of carbonyl (C=O) groups is 1. The van der Waals surface area contributed by atoms with Crippen LogP contribution >= 0.6 is 0 Å². The molecule has 0 saturated carbocycles. The fraction of sp³-hybridized carbons (Fsp3) is 0.167. The SMILES string of the molecule is CC(C)(C(=O)Nc1ccccc1)c1c[nH]c2ccc(F)cc12. The van der Waals surface area contributed by atoms with Gasteiger partial charge in [0.25, 0.3) is 0 Å². The van der Waals surface area contributed by atoms with Crippen LogP contribution < -0.4 is 5.32 Å². The summed E-state index contributed by atoms with van der Waals surface area (Å²) in [6.45, 7) is 3.66. The highest BCUT2D eigenvalue weighted by atomic mass is 19.1. The van der Waals surface area contributed by atoms with E-state index in [-0.39, 0.29) is 11.7 Å². The summed E-state index contributed by atoms with van der Waals surface area (Å²) < 4.78 is 13.5. The Morgan fingerprint density at radius 2 is 1.86 bits per heavy atom. The minimum atomic E-state index is -0.790. The smallest absolute Gasteiger partial charge is 0.234 e. The van der Waals surface area contributed by atoms with Gasteiger partial charge in [0.2, 0.25) is 5.91 Å². The molecule has 4 heteroatoms. The van der Waals surface area contributed by atoms with Crippen LogP contribution in [0.1, 0.15) is 19.4 Å². The van der Waals surface area contributed by atoms with E-state index in [0.29, 0.717) is 0 Å². The van der Waals surface area contributed by atoms with Gasteiger partial charge < -0.3 is 10.3 Å². The standard InChI is InChI=1S/C18H17FN2O/c1-18(2,17(22)21-13-6-4-3-5-7-13)15-11-20-16-9-8-12(19)10-14(15)16/h3-11,20H,1-2H3,(H,21,22). The lowest BCUT2D eigenvalue weighted by atomic mass is 9.83. The maximum atomic E-state index is 13.5. The Kier molecular flexibility index (Phi) is 3.45. The number of carbonyl (C=O) groups excluding carboxylic acids is 1. The molecule has 112 valence electrons. The van der Waals surface area contributed by atoms with Crippen LogP contribution in [0.15, 0.2) is 54.7 Å². The molecule has 1 heterocycles. The Morgan fingerprint density at radius 3 is 2.59 bits per heavy atom. The van der Waals surface area contributed by atoms with Crippen molar-refractivity contribution in [3.63, 3.8) is 0 Å². The van der Waals surface area contributed by atoms with Crippen LogP contribution in [0.2, 0.25) is 0 Å². The number of anilines is 1. The van der Waals surface area contributed by atoms with E-state index in [1.807, 2.05) is 44.2 Å². The summed E-state index contributed by atoms with van der Waals surface area (Å²) in [6, 6.07) is 13.8. The lowest BCUT2D eigenvalue weighted by molar-refractivity contribution is -0.120. The number of hydrogen-bond acceptors (Lipinski definition) is 1. The number of aromatic amines is 1. The number of benzene rings is 2. The molecule has 0 saturated heterocycles. The molecule has 0 aliphatic rings. The Bertz CT molecular complexity index is 821. The van der Waals surface area contributed by atoms with Gasteiger partial charge in [-0.15, -0.1) is 0 Å². The predicted octanol–water partition coefficient (Wildman–Crippen LogP) is 4.22. The summed E-state index contributed by atoms with van der Waals surface area (Å²) in [5, 5.41) is 3.63. The second-order valence-electron chi connectivity index (χ2n) is 5.84. The van der Waals surface area contributed by atoms with Crippen LogP contribution in [0.3, 0.4) is 0 Å². The molecule has 0 aliphatic carbocycles. The van der Waals surface area contributed by atoms with E-state index in [1.54, 1.807) is 12.3 Å². The van der Waals surface area contributed by atoms with Gasteiger partial charge >= 0.3 is 0 Å². The molecule has 0 unspecified atom stereocenters. The normalized spacial score (nSPS) is 11.6. The number of nitrogens with one attached hydrogen (secondary N) is 2. The quantitative estimate of drug-likeness (QED) is 0.746. The first-order chi connectivity index (χ1) is 10.5. The van der Waals surface area contributed by atoms with E-state index < -0.39 is 5.41 Å². The summed E-state index contributed by atoms with van der Waals surface area (Å²) in [5.41, 5.74) is 1.54. The van der Waals surface area contributed by atoms with Crippen LogP contribution in [0.5, 0.6) is 0 Å². The zero-order valence-electron chi connectivity index (χ0n) is 12.5. The topological polar surface area (TPSA) is 44.9 Å². The van der Waals surface area contributed by atoms with E-state index in [9.17, 15) is 9.18 Å². The highest BCUT2D eigenvalue weighted by Gasteiger charge is 2.32. The minimum Gasteiger partial charge on any atom is -0.361 e. The lowest BCUT2D eigenvalue weighted by Gasteiger charge is -2.23. The lowest BCUT2D eigenvalue weighted by Crippen LogP contribution is -2.34. The van der Waals surface area contributed by atoms with Crippen molar-refractivity contribution in [1.82, 2.24) is 4.98 Å². The molecular formula is C18H17FN2O. The molecule has 3 nitrogen and oxygen atoms in total. The minimum absolute atomic E-state index is 0.135. The van der Waals surface area contributed by atoms with E-state index in [0.717, 1.165) is 22.2 Å². The third kappa shape index (κ3) is 2.48. The monoisotopic (exact) mass is 296 g/mol. The molecule has 0 radical (unpaired) electrons. The van der Waals surface area contributed by atoms with Crippen LogP contribution in [0.4, 0.5) is 10.1 Å². The van der Waals surface area contributed by atoms with Gasteiger partial charge in [-0.2, -0.15) is 0 Å². The van der Waals surface area contributed by atoms with Gasteiger partial charge in [0.05, 0.1) is 5.41 Å². The molecule has 0 bridgehead atoms. The predicted molar refractivity (Wildman–Crippen MR) is 86.4 cm³/mol. The first-order valence-corrected chi connectivity index (χ1v) is 7.12. The van der Waals surface area contributed by atoms with Gasteiger partial charge in [-0.05, 0) is 49.7 Å². The maximum Gasteiger partial charge on any atom is 0.234 e. The van der Waals surface area contributed by atoms with Crippen LogP contribution in [-0.2, 0) is 10.2 Å². The third-order valence-electron chi connectivity index (χ3n) is 3.92. The zero-order valence-corrected chi connectivity index (χ0v) is 12.5. The summed E-state index contributed by atoms with van der Waals surface area (Å²) in [5.74, 6) is -0.448. The van der Waals surface area contributed by atoms with E-state index >= 15 is 0 Å². The van der Waals surface area contributed by atoms with Crippen molar-refractivity contribution in [2.45, 2.75) is 19.3 Å². The van der Waals surface area contributed by atoms with Crippen molar-refractivity contribution in [2.24, 2.45) is 0 Å². The number of amides is 1. The highest BCUT2D eigenvalue weighted by molar-refractivity contribution is 6.01. The molecule has 0 atom stereocenters. The van der Waals surface area contributed by atoms with Gasteiger partial charge in [0, 0.05) is 22.8 Å². The van der Waals surface area contributed by atoms with Crippen molar-refractivity contribution >= 4 is 22.5 Å². The first kappa shape index (κ1) is 14.3. The fourth-order valence-electron chi connectivity index (χ4n) is 2.54. The molecule has 2 aromatic carbocycles.